The van der Waals surface area contributed by atoms with Gasteiger partial charge < -0.3 is 14.5 Å². The van der Waals surface area contributed by atoms with Crippen LogP contribution in [-0.4, -0.2) is 54.0 Å². The zero-order valence-corrected chi connectivity index (χ0v) is 15.4. The van der Waals surface area contributed by atoms with Crippen LogP contribution in [0.15, 0.2) is 24.3 Å². The fourth-order valence-electron chi connectivity index (χ4n) is 4.43. The zero-order valence-electron chi connectivity index (χ0n) is 15.4. The van der Waals surface area contributed by atoms with E-state index in [1.807, 2.05) is 15.9 Å². The van der Waals surface area contributed by atoms with E-state index >= 15 is 0 Å². The van der Waals surface area contributed by atoms with E-state index in [0.29, 0.717) is 19.7 Å². The van der Waals surface area contributed by atoms with Crippen LogP contribution in [0.3, 0.4) is 0 Å². The average molecular weight is 356 g/mol. The molecule has 0 aromatic heterocycles. The molecule has 0 radical (unpaired) electrons. The summed E-state index contributed by atoms with van der Waals surface area (Å²) in [4.78, 5) is 29.4. The molecule has 0 saturated carbocycles. The van der Waals surface area contributed by atoms with E-state index in [2.05, 4.69) is 18.2 Å². The summed E-state index contributed by atoms with van der Waals surface area (Å²) in [5.41, 5.74) is 2.64. The Bertz CT molecular complexity index is 661. The van der Waals surface area contributed by atoms with Crippen LogP contribution in [0.1, 0.15) is 43.2 Å². The highest BCUT2D eigenvalue weighted by Gasteiger charge is 2.34. The van der Waals surface area contributed by atoms with Gasteiger partial charge in [-0.1, -0.05) is 24.3 Å². The Morgan fingerprint density at radius 3 is 2.38 bits per heavy atom. The maximum atomic E-state index is 12.9. The molecule has 0 aliphatic carbocycles. The largest absolute Gasteiger partial charge is 0.368 e. The number of piperidine rings is 1. The summed E-state index contributed by atoms with van der Waals surface area (Å²) in [5.74, 6) is 0.444. The van der Waals surface area contributed by atoms with E-state index < -0.39 is 0 Å². The number of ether oxygens (including phenoxy) is 1. The fraction of sp³-hybridized carbons (Fsp3) is 0.619. The van der Waals surface area contributed by atoms with Gasteiger partial charge in [-0.2, -0.15) is 0 Å². The van der Waals surface area contributed by atoms with Crippen LogP contribution in [0, 0.1) is 5.92 Å². The number of hydrogen-bond donors (Lipinski definition) is 0. The van der Waals surface area contributed by atoms with Gasteiger partial charge in [0.05, 0.1) is 0 Å². The highest BCUT2D eigenvalue weighted by atomic mass is 16.5. The van der Waals surface area contributed by atoms with Gasteiger partial charge in [0.2, 0.25) is 5.91 Å². The molecule has 1 atom stereocenters. The molecule has 1 aromatic rings. The molecular formula is C21H28N2O3. The lowest BCUT2D eigenvalue weighted by molar-refractivity contribution is -0.150. The molecule has 3 heterocycles. The van der Waals surface area contributed by atoms with Gasteiger partial charge in [-0.25, -0.2) is 0 Å². The van der Waals surface area contributed by atoms with Crippen molar-refractivity contribution in [2.75, 3.05) is 26.2 Å². The summed E-state index contributed by atoms with van der Waals surface area (Å²) in [6.07, 6.45) is 5.20. The lowest BCUT2D eigenvalue weighted by atomic mass is 9.92. The lowest BCUT2D eigenvalue weighted by Gasteiger charge is -2.37. The molecule has 5 heteroatoms. The molecule has 0 unspecified atom stereocenters. The Kier molecular flexibility index (Phi) is 5.25. The minimum absolute atomic E-state index is 0.0524. The van der Waals surface area contributed by atoms with E-state index in [9.17, 15) is 9.59 Å². The molecule has 1 aromatic carbocycles. The van der Waals surface area contributed by atoms with Crippen LogP contribution in [-0.2, 0) is 27.3 Å². The third kappa shape index (κ3) is 3.63. The number of benzene rings is 1. The van der Waals surface area contributed by atoms with Crippen molar-refractivity contribution >= 4 is 11.8 Å². The maximum absolute atomic E-state index is 12.9. The molecule has 2 saturated heterocycles. The van der Waals surface area contributed by atoms with Crippen LogP contribution < -0.4 is 0 Å². The maximum Gasteiger partial charge on any atom is 0.251 e. The normalized spacial score (nSPS) is 24.2. The molecular weight excluding hydrogens is 328 g/mol. The van der Waals surface area contributed by atoms with Crippen LogP contribution >= 0.6 is 0 Å². The summed E-state index contributed by atoms with van der Waals surface area (Å²) >= 11 is 0. The van der Waals surface area contributed by atoms with Crippen molar-refractivity contribution in [2.45, 2.75) is 51.2 Å². The number of hydrogen-bond acceptors (Lipinski definition) is 3. The first-order chi connectivity index (χ1) is 12.7. The molecule has 0 spiro atoms. The molecule has 4 rings (SSSR count). The van der Waals surface area contributed by atoms with Crippen molar-refractivity contribution < 1.29 is 14.3 Å². The number of likely N-dealkylation sites (tertiary alicyclic amines) is 1. The Hall–Kier alpha value is -1.88. The lowest BCUT2D eigenvalue weighted by Crippen LogP contribution is -2.48. The smallest absolute Gasteiger partial charge is 0.251 e. The third-order valence-corrected chi connectivity index (χ3v) is 6.05. The first kappa shape index (κ1) is 17.5. The van der Waals surface area contributed by atoms with Gasteiger partial charge in [-0.05, 0) is 49.7 Å². The summed E-state index contributed by atoms with van der Waals surface area (Å²) in [7, 11) is 0. The van der Waals surface area contributed by atoms with Crippen molar-refractivity contribution in [1.82, 2.24) is 9.80 Å². The minimum Gasteiger partial charge on any atom is -0.368 e. The van der Waals surface area contributed by atoms with E-state index in [-0.39, 0.29) is 23.8 Å². The fourth-order valence-corrected chi connectivity index (χ4v) is 4.43. The first-order valence-corrected chi connectivity index (χ1v) is 9.98. The second-order valence-corrected chi connectivity index (χ2v) is 7.73. The zero-order chi connectivity index (χ0) is 17.9. The Morgan fingerprint density at radius 2 is 1.65 bits per heavy atom. The SMILES string of the molecule is O=C(C1CCN(C(=O)[C@@H]2CCCCO2)CC1)N1CCc2ccccc2C1. The van der Waals surface area contributed by atoms with Crippen LogP contribution in [0.4, 0.5) is 0 Å². The minimum atomic E-state index is -0.255. The van der Waals surface area contributed by atoms with Gasteiger partial charge in [-0.3, -0.25) is 9.59 Å². The molecule has 2 fully saturated rings. The van der Waals surface area contributed by atoms with Crippen molar-refractivity contribution in [3.05, 3.63) is 35.4 Å². The number of carbonyl (C=O) groups is 2. The average Bonchev–Trinajstić information content (AvgIpc) is 2.73. The predicted molar refractivity (Wildman–Crippen MR) is 98.5 cm³/mol. The van der Waals surface area contributed by atoms with E-state index in [1.165, 1.54) is 11.1 Å². The molecule has 140 valence electrons. The second kappa shape index (κ2) is 7.78. The number of fused-ring (bicyclic) bond motifs is 1. The van der Waals surface area contributed by atoms with E-state index in [0.717, 1.165) is 51.6 Å². The van der Waals surface area contributed by atoms with Gasteiger partial charge in [-0.15, -0.1) is 0 Å². The van der Waals surface area contributed by atoms with Crippen molar-refractivity contribution in [1.29, 1.82) is 0 Å². The number of carbonyl (C=O) groups excluding carboxylic acids is 2. The summed E-state index contributed by atoms with van der Waals surface area (Å²) < 4.78 is 5.63. The molecule has 0 bridgehead atoms. The van der Waals surface area contributed by atoms with Crippen LogP contribution in [0.5, 0.6) is 0 Å². The molecule has 0 N–H and O–H groups in total. The van der Waals surface area contributed by atoms with Gasteiger partial charge in [0, 0.05) is 38.7 Å². The second-order valence-electron chi connectivity index (χ2n) is 7.73. The topological polar surface area (TPSA) is 49.9 Å². The molecule has 3 aliphatic heterocycles. The van der Waals surface area contributed by atoms with Crippen LogP contribution in [0.2, 0.25) is 0 Å². The quantitative estimate of drug-likeness (QED) is 0.817. The van der Waals surface area contributed by atoms with E-state index in [4.69, 9.17) is 4.74 Å². The Balaban J connectivity index is 1.30. The third-order valence-electron chi connectivity index (χ3n) is 6.05. The molecule has 2 amide bonds. The van der Waals surface area contributed by atoms with Crippen molar-refractivity contribution in [3.8, 4) is 0 Å². The summed E-state index contributed by atoms with van der Waals surface area (Å²) in [6.45, 7) is 3.59. The number of amides is 2. The molecule has 26 heavy (non-hydrogen) atoms. The summed E-state index contributed by atoms with van der Waals surface area (Å²) in [5, 5.41) is 0. The van der Waals surface area contributed by atoms with Crippen molar-refractivity contribution in [2.24, 2.45) is 5.92 Å². The van der Waals surface area contributed by atoms with E-state index in [1.54, 1.807) is 0 Å². The monoisotopic (exact) mass is 356 g/mol. The Morgan fingerprint density at radius 1 is 0.885 bits per heavy atom. The van der Waals surface area contributed by atoms with Gasteiger partial charge in [0.1, 0.15) is 6.10 Å². The molecule has 5 nitrogen and oxygen atoms in total. The van der Waals surface area contributed by atoms with Gasteiger partial charge >= 0.3 is 0 Å². The van der Waals surface area contributed by atoms with Gasteiger partial charge in [0.25, 0.3) is 5.91 Å². The predicted octanol–water partition coefficient (Wildman–Crippen LogP) is 2.38. The Labute approximate surface area is 155 Å². The highest BCUT2D eigenvalue weighted by molar-refractivity contribution is 5.82. The molecule has 3 aliphatic rings. The van der Waals surface area contributed by atoms with Gasteiger partial charge in [0.15, 0.2) is 0 Å². The number of nitrogens with zero attached hydrogens (tertiary/aromatic N) is 2. The summed E-state index contributed by atoms with van der Waals surface area (Å²) in [6, 6.07) is 8.40. The standard InChI is InChI=1S/C21H28N2O3/c24-20(23-13-8-16-5-1-2-6-18(16)15-23)17-9-11-22(12-10-17)21(25)19-7-3-4-14-26-19/h1-2,5-6,17,19H,3-4,7-15H2/t19-/m0/s1. The highest BCUT2D eigenvalue weighted by Crippen LogP contribution is 2.26. The number of rotatable bonds is 2. The first-order valence-electron chi connectivity index (χ1n) is 9.98. The van der Waals surface area contributed by atoms with Crippen molar-refractivity contribution in [3.63, 3.8) is 0 Å². The van der Waals surface area contributed by atoms with Crippen LogP contribution in [0.25, 0.3) is 0 Å².